The van der Waals surface area contributed by atoms with E-state index in [0.29, 0.717) is 35.1 Å². The number of carbonyl (C=O) groups is 2. The van der Waals surface area contributed by atoms with Crippen molar-refractivity contribution in [2.24, 2.45) is 0 Å². The van der Waals surface area contributed by atoms with Crippen LogP contribution in [0.25, 0.3) is 0 Å². The normalized spacial score (nSPS) is 15.5. The molecule has 0 saturated carbocycles. The van der Waals surface area contributed by atoms with Crippen LogP contribution in [-0.2, 0) is 19.6 Å². The molecule has 0 bridgehead atoms. The van der Waals surface area contributed by atoms with Gasteiger partial charge < -0.3 is 14.8 Å². The number of methoxy groups -OCH3 is 1. The third-order valence-corrected chi connectivity index (χ3v) is 7.58. The summed E-state index contributed by atoms with van der Waals surface area (Å²) in [5, 5.41) is 3.02. The molecule has 1 N–H and O–H groups in total. The Hall–Kier alpha value is -2.62. The van der Waals surface area contributed by atoms with Crippen molar-refractivity contribution >= 4 is 39.2 Å². The van der Waals surface area contributed by atoms with Gasteiger partial charge in [0.25, 0.3) is 5.91 Å². The minimum absolute atomic E-state index is 0.0303. The second kappa shape index (κ2) is 10.5. The number of ether oxygens (including phenoxy) is 2. The molecule has 1 unspecified atom stereocenters. The molecule has 1 heterocycles. The molecule has 1 atom stereocenters. The maximum atomic E-state index is 13.0. The summed E-state index contributed by atoms with van der Waals surface area (Å²) in [5.41, 5.74) is 0.971. The lowest BCUT2D eigenvalue weighted by molar-refractivity contribution is -0.123. The van der Waals surface area contributed by atoms with Gasteiger partial charge in [-0.2, -0.15) is 4.31 Å². The molecule has 1 aliphatic rings. The van der Waals surface area contributed by atoms with Crippen molar-refractivity contribution in [3.8, 4) is 5.75 Å². The predicted octanol–water partition coefficient (Wildman–Crippen LogP) is 4.02. The zero-order valence-corrected chi connectivity index (χ0v) is 20.3. The number of hydrogen-bond donors (Lipinski definition) is 1. The number of amides is 1. The molecule has 178 valence electrons. The number of hydrogen-bond acceptors (Lipinski definition) is 6. The molecule has 10 heteroatoms. The summed E-state index contributed by atoms with van der Waals surface area (Å²) in [7, 11) is -2.26. The van der Waals surface area contributed by atoms with Crippen LogP contribution in [-0.4, -0.2) is 50.9 Å². The summed E-state index contributed by atoms with van der Waals surface area (Å²) < 4.78 is 37.9. The molecule has 3 rings (SSSR count). The van der Waals surface area contributed by atoms with E-state index in [-0.39, 0.29) is 10.5 Å². The molecule has 1 saturated heterocycles. The molecular formula is C23H27ClN2O6S. The standard InChI is InChI=1S/C23H27ClN2O6S/c1-15-7-9-18(33(29,30)26-11-5-4-6-12-26)14-19(15)23(28)32-16(2)22(27)25-20-13-17(24)8-10-21(20)31-3/h7-10,13-14,16H,4-6,11-12H2,1-3H3,(H,25,27). The first-order chi connectivity index (χ1) is 15.6. The first-order valence-electron chi connectivity index (χ1n) is 10.6. The lowest BCUT2D eigenvalue weighted by Gasteiger charge is -2.26. The Morgan fingerprint density at radius 2 is 1.79 bits per heavy atom. The van der Waals surface area contributed by atoms with Gasteiger partial charge in [0.1, 0.15) is 5.75 Å². The number of aryl methyl sites for hydroxylation is 1. The van der Waals surface area contributed by atoms with Crippen molar-refractivity contribution < 1.29 is 27.5 Å². The SMILES string of the molecule is COc1ccc(Cl)cc1NC(=O)C(C)OC(=O)c1cc(S(=O)(=O)N2CCCCC2)ccc1C. The van der Waals surface area contributed by atoms with E-state index in [1.165, 1.54) is 36.5 Å². The van der Waals surface area contributed by atoms with Gasteiger partial charge in [0.2, 0.25) is 10.0 Å². The summed E-state index contributed by atoms with van der Waals surface area (Å²) in [6.45, 7) is 4.02. The number of nitrogens with zero attached hydrogens (tertiary/aromatic N) is 1. The maximum Gasteiger partial charge on any atom is 0.339 e. The van der Waals surface area contributed by atoms with E-state index >= 15 is 0 Å². The van der Waals surface area contributed by atoms with E-state index in [1.807, 2.05) is 0 Å². The number of esters is 1. The largest absolute Gasteiger partial charge is 0.495 e. The third kappa shape index (κ3) is 5.85. The highest BCUT2D eigenvalue weighted by Crippen LogP contribution is 2.28. The molecule has 0 spiro atoms. The predicted molar refractivity (Wildman–Crippen MR) is 125 cm³/mol. The number of anilines is 1. The number of sulfonamides is 1. The van der Waals surface area contributed by atoms with Gasteiger partial charge in [-0.3, -0.25) is 4.79 Å². The van der Waals surface area contributed by atoms with Crippen LogP contribution in [0.5, 0.6) is 5.75 Å². The Bertz CT molecular complexity index is 1150. The molecule has 1 fully saturated rings. The van der Waals surface area contributed by atoms with Gasteiger partial charge in [0.15, 0.2) is 6.10 Å². The Kier molecular flexibility index (Phi) is 7.99. The van der Waals surface area contributed by atoms with Crippen LogP contribution < -0.4 is 10.1 Å². The fourth-order valence-corrected chi connectivity index (χ4v) is 5.24. The molecule has 33 heavy (non-hydrogen) atoms. The molecule has 2 aromatic carbocycles. The van der Waals surface area contributed by atoms with Crippen LogP contribution in [0, 0.1) is 6.92 Å². The quantitative estimate of drug-likeness (QED) is 0.583. The Morgan fingerprint density at radius 3 is 2.45 bits per heavy atom. The van der Waals surface area contributed by atoms with E-state index in [1.54, 1.807) is 25.1 Å². The highest BCUT2D eigenvalue weighted by Gasteiger charge is 2.28. The zero-order chi connectivity index (χ0) is 24.2. The second-order valence-corrected chi connectivity index (χ2v) is 10.2. The Labute approximate surface area is 198 Å². The number of piperidine rings is 1. The maximum absolute atomic E-state index is 13.0. The van der Waals surface area contributed by atoms with Crippen LogP contribution in [0.3, 0.4) is 0 Å². The number of rotatable bonds is 7. The second-order valence-electron chi connectivity index (χ2n) is 7.82. The topological polar surface area (TPSA) is 102 Å². The van der Waals surface area contributed by atoms with Crippen LogP contribution in [0.1, 0.15) is 42.1 Å². The molecule has 2 aromatic rings. The lowest BCUT2D eigenvalue weighted by atomic mass is 10.1. The highest BCUT2D eigenvalue weighted by atomic mass is 35.5. The smallest absolute Gasteiger partial charge is 0.339 e. The average Bonchev–Trinajstić information content (AvgIpc) is 2.79. The van der Waals surface area contributed by atoms with Gasteiger partial charge in [-0.25, -0.2) is 13.2 Å². The first-order valence-corrected chi connectivity index (χ1v) is 12.4. The Balaban J connectivity index is 1.75. The number of nitrogens with one attached hydrogen (secondary N) is 1. The van der Waals surface area contributed by atoms with Gasteiger partial charge >= 0.3 is 5.97 Å². The highest BCUT2D eigenvalue weighted by molar-refractivity contribution is 7.89. The fourth-order valence-electron chi connectivity index (χ4n) is 3.53. The van der Waals surface area contributed by atoms with Gasteiger partial charge in [-0.1, -0.05) is 24.1 Å². The monoisotopic (exact) mass is 494 g/mol. The van der Waals surface area contributed by atoms with Crippen molar-refractivity contribution in [3.05, 3.63) is 52.5 Å². The molecule has 0 radical (unpaired) electrons. The van der Waals surface area contributed by atoms with Crippen molar-refractivity contribution in [2.75, 3.05) is 25.5 Å². The minimum atomic E-state index is -3.71. The lowest BCUT2D eigenvalue weighted by Crippen LogP contribution is -2.35. The molecule has 1 amide bonds. The van der Waals surface area contributed by atoms with Gasteiger partial charge in [0.05, 0.1) is 23.3 Å². The van der Waals surface area contributed by atoms with E-state index in [4.69, 9.17) is 21.1 Å². The zero-order valence-electron chi connectivity index (χ0n) is 18.8. The van der Waals surface area contributed by atoms with Crippen molar-refractivity contribution in [3.63, 3.8) is 0 Å². The molecule has 1 aliphatic heterocycles. The fraction of sp³-hybridized carbons (Fsp3) is 0.391. The summed E-state index contributed by atoms with van der Waals surface area (Å²) >= 11 is 5.98. The summed E-state index contributed by atoms with van der Waals surface area (Å²) in [6.07, 6.45) is 1.47. The average molecular weight is 495 g/mol. The Morgan fingerprint density at radius 1 is 1.09 bits per heavy atom. The molecular weight excluding hydrogens is 468 g/mol. The number of halogens is 1. The minimum Gasteiger partial charge on any atom is -0.495 e. The first kappa shape index (κ1) is 25.0. The molecule has 0 aromatic heterocycles. The van der Waals surface area contributed by atoms with E-state index in [2.05, 4.69) is 5.32 Å². The van der Waals surface area contributed by atoms with Crippen molar-refractivity contribution in [1.82, 2.24) is 4.31 Å². The third-order valence-electron chi connectivity index (χ3n) is 5.45. The van der Waals surface area contributed by atoms with E-state index < -0.39 is 28.0 Å². The van der Waals surface area contributed by atoms with Gasteiger partial charge in [-0.15, -0.1) is 0 Å². The van der Waals surface area contributed by atoms with Gasteiger partial charge in [-0.05, 0) is 62.6 Å². The van der Waals surface area contributed by atoms with Crippen LogP contribution in [0.15, 0.2) is 41.3 Å². The van der Waals surface area contributed by atoms with Crippen LogP contribution >= 0.6 is 11.6 Å². The number of carbonyl (C=O) groups excluding carboxylic acids is 2. The summed E-state index contributed by atoms with van der Waals surface area (Å²) in [4.78, 5) is 25.4. The van der Waals surface area contributed by atoms with Crippen LogP contribution in [0.4, 0.5) is 5.69 Å². The van der Waals surface area contributed by atoms with Crippen LogP contribution in [0.2, 0.25) is 5.02 Å². The number of benzene rings is 2. The van der Waals surface area contributed by atoms with Gasteiger partial charge in [0, 0.05) is 18.1 Å². The van der Waals surface area contributed by atoms with Crippen molar-refractivity contribution in [1.29, 1.82) is 0 Å². The molecule has 0 aliphatic carbocycles. The molecule has 8 nitrogen and oxygen atoms in total. The summed E-state index contributed by atoms with van der Waals surface area (Å²) in [6, 6.07) is 9.10. The van der Waals surface area contributed by atoms with E-state index in [0.717, 1.165) is 19.3 Å². The van der Waals surface area contributed by atoms with E-state index in [9.17, 15) is 18.0 Å². The summed E-state index contributed by atoms with van der Waals surface area (Å²) in [5.74, 6) is -0.972. The van der Waals surface area contributed by atoms with Crippen molar-refractivity contribution in [2.45, 2.75) is 44.1 Å².